The van der Waals surface area contributed by atoms with E-state index in [1.165, 1.54) is 79.0 Å². The Morgan fingerprint density at radius 2 is 1.50 bits per heavy atom. The van der Waals surface area contributed by atoms with Crippen molar-refractivity contribution in [2.24, 2.45) is 0 Å². The van der Waals surface area contributed by atoms with E-state index in [0.29, 0.717) is 0 Å². The summed E-state index contributed by atoms with van der Waals surface area (Å²) in [5, 5.41) is 1.26. The molecule has 0 unspecified atom stereocenters. The zero-order valence-electron chi connectivity index (χ0n) is 13.2. The van der Waals surface area contributed by atoms with Crippen LogP contribution in [0.3, 0.4) is 0 Å². The Morgan fingerprint density at radius 1 is 0.773 bits per heavy atom. The van der Waals surface area contributed by atoms with Gasteiger partial charge in [-0.3, -0.25) is 4.98 Å². The van der Waals surface area contributed by atoms with Crippen molar-refractivity contribution in [2.45, 2.75) is 57.8 Å². The molecule has 0 spiro atoms. The fourth-order valence-corrected chi connectivity index (χ4v) is 3.76. The summed E-state index contributed by atoms with van der Waals surface area (Å²) < 4.78 is 0. The van der Waals surface area contributed by atoms with E-state index in [4.69, 9.17) is 4.98 Å². The number of hydrogen-bond donors (Lipinski definition) is 1. The van der Waals surface area contributed by atoms with Crippen LogP contribution in [0.2, 0.25) is 0 Å². The maximum atomic E-state index is 5.08. The summed E-state index contributed by atoms with van der Waals surface area (Å²) in [5.74, 6) is 0. The first-order valence-electron chi connectivity index (χ1n) is 8.81. The van der Waals surface area contributed by atoms with Crippen LogP contribution in [-0.4, -0.2) is 9.97 Å². The van der Waals surface area contributed by atoms with Crippen molar-refractivity contribution in [1.29, 1.82) is 0 Å². The van der Waals surface area contributed by atoms with E-state index >= 15 is 0 Å². The Bertz CT molecular complexity index is 785. The summed E-state index contributed by atoms with van der Waals surface area (Å²) in [7, 11) is 0. The Kier molecular flexibility index (Phi) is 3.84. The van der Waals surface area contributed by atoms with Gasteiger partial charge in [-0.2, -0.15) is 0 Å². The van der Waals surface area contributed by atoms with Crippen LogP contribution in [0.15, 0.2) is 30.3 Å². The summed E-state index contributed by atoms with van der Waals surface area (Å²) in [6.45, 7) is 0. The number of pyridine rings is 1. The summed E-state index contributed by atoms with van der Waals surface area (Å²) in [4.78, 5) is 8.62. The van der Waals surface area contributed by atoms with Gasteiger partial charge in [0.15, 0.2) is 0 Å². The van der Waals surface area contributed by atoms with Crippen molar-refractivity contribution < 1.29 is 0 Å². The van der Waals surface area contributed by atoms with E-state index in [1.54, 1.807) is 0 Å². The second-order valence-corrected chi connectivity index (χ2v) is 6.64. The molecule has 4 rings (SSSR count). The van der Waals surface area contributed by atoms with Crippen molar-refractivity contribution in [3.05, 3.63) is 41.6 Å². The minimum absolute atomic E-state index is 1.14. The molecular weight excluding hydrogens is 268 g/mol. The molecule has 2 nitrogen and oxygen atoms in total. The lowest BCUT2D eigenvalue weighted by Crippen LogP contribution is -1.99. The minimum Gasteiger partial charge on any atom is -0.353 e. The number of H-pyrrole nitrogens is 1. The van der Waals surface area contributed by atoms with Gasteiger partial charge >= 0.3 is 0 Å². The third-order valence-corrected chi connectivity index (χ3v) is 5.00. The highest BCUT2D eigenvalue weighted by Gasteiger charge is 2.12. The topological polar surface area (TPSA) is 28.7 Å². The number of fused-ring (bicyclic) bond motifs is 4. The Hall–Kier alpha value is -1.83. The summed E-state index contributed by atoms with van der Waals surface area (Å²) >= 11 is 0. The van der Waals surface area contributed by atoms with E-state index in [1.807, 2.05) is 0 Å². The second kappa shape index (κ2) is 6.12. The molecule has 0 aliphatic heterocycles. The maximum Gasteiger partial charge on any atom is 0.0961 e. The molecule has 22 heavy (non-hydrogen) atoms. The molecule has 1 aromatic carbocycles. The van der Waals surface area contributed by atoms with Crippen LogP contribution in [0.4, 0.5) is 0 Å². The molecule has 0 amide bonds. The molecule has 1 aliphatic carbocycles. The predicted octanol–water partition coefficient (Wildman–Crippen LogP) is 5.55. The van der Waals surface area contributed by atoms with E-state index in [-0.39, 0.29) is 0 Å². The van der Waals surface area contributed by atoms with Crippen molar-refractivity contribution >= 4 is 21.9 Å². The lowest BCUT2D eigenvalue weighted by atomic mass is 10.0. The van der Waals surface area contributed by atoms with E-state index in [2.05, 4.69) is 35.3 Å². The average Bonchev–Trinajstić information content (AvgIpc) is 2.87. The number of para-hydroxylation sites is 1. The quantitative estimate of drug-likeness (QED) is 0.578. The molecule has 1 aliphatic rings. The molecule has 3 aromatic rings. The highest BCUT2D eigenvalue weighted by Crippen LogP contribution is 2.27. The van der Waals surface area contributed by atoms with Crippen molar-refractivity contribution in [3.8, 4) is 0 Å². The van der Waals surface area contributed by atoms with Gasteiger partial charge < -0.3 is 4.98 Å². The number of nitrogens with one attached hydrogen (secondary N) is 1. The van der Waals surface area contributed by atoms with Crippen LogP contribution in [0.5, 0.6) is 0 Å². The number of aryl methyl sites for hydroxylation is 2. The summed E-state index contributed by atoms with van der Waals surface area (Å²) in [6, 6.07) is 10.9. The minimum atomic E-state index is 1.14. The van der Waals surface area contributed by atoms with Crippen molar-refractivity contribution in [3.63, 3.8) is 0 Å². The molecule has 0 atom stereocenters. The molecule has 0 saturated heterocycles. The van der Waals surface area contributed by atoms with Gasteiger partial charge in [0, 0.05) is 16.6 Å². The third kappa shape index (κ3) is 2.63. The molecule has 0 saturated carbocycles. The predicted molar refractivity (Wildman–Crippen MR) is 93.3 cm³/mol. The number of benzene rings is 1. The van der Waals surface area contributed by atoms with Gasteiger partial charge in [-0.25, -0.2) is 0 Å². The lowest BCUT2D eigenvalue weighted by Gasteiger charge is -2.08. The highest BCUT2D eigenvalue weighted by atomic mass is 14.8. The molecule has 2 heteroatoms. The standard InChI is InChI=1S/C20H24N2/c1-2-4-6-10-15-14-19-20(22-17(15)12-7-5-3-1)16-11-8-9-13-18(16)21-19/h8-9,11,13-14,21H,1-7,10,12H2. The Balaban J connectivity index is 1.80. The largest absolute Gasteiger partial charge is 0.353 e. The summed E-state index contributed by atoms with van der Waals surface area (Å²) in [6.07, 6.45) is 11.8. The number of rotatable bonds is 0. The van der Waals surface area contributed by atoms with E-state index < -0.39 is 0 Å². The van der Waals surface area contributed by atoms with Gasteiger partial charge in [0.25, 0.3) is 0 Å². The highest BCUT2D eigenvalue weighted by molar-refractivity contribution is 6.04. The van der Waals surface area contributed by atoms with Crippen LogP contribution >= 0.6 is 0 Å². The van der Waals surface area contributed by atoms with E-state index in [0.717, 1.165) is 11.9 Å². The second-order valence-electron chi connectivity index (χ2n) is 6.64. The number of hydrogen-bond acceptors (Lipinski definition) is 1. The first-order valence-corrected chi connectivity index (χ1v) is 8.81. The molecule has 2 heterocycles. The molecule has 114 valence electrons. The van der Waals surface area contributed by atoms with Crippen LogP contribution in [0.1, 0.15) is 56.2 Å². The monoisotopic (exact) mass is 292 g/mol. The number of nitrogens with zero attached hydrogens (tertiary/aromatic N) is 1. The van der Waals surface area contributed by atoms with Crippen molar-refractivity contribution in [1.82, 2.24) is 9.97 Å². The van der Waals surface area contributed by atoms with E-state index in [9.17, 15) is 0 Å². The SMILES string of the molecule is c1ccc2c(c1)[nH]c1cc3c(nc12)CCCCCCCCC3. The van der Waals surface area contributed by atoms with Crippen LogP contribution < -0.4 is 0 Å². The van der Waals surface area contributed by atoms with Gasteiger partial charge in [0.1, 0.15) is 0 Å². The van der Waals surface area contributed by atoms with Gasteiger partial charge in [-0.05, 0) is 43.4 Å². The molecule has 0 fully saturated rings. The molecule has 0 bridgehead atoms. The normalized spacial score (nSPS) is 17.3. The van der Waals surface area contributed by atoms with Gasteiger partial charge in [-0.15, -0.1) is 0 Å². The van der Waals surface area contributed by atoms with Crippen molar-refractivity contribution in [2.75, 3.05) is 0 Å². The van der Waals surface area contributed by atoms with Gasteiger partial charge in [0.05, 0.1) is 11.0 Å². The smallest absolute Gasteiger partial charge is 0.0961 e. The lowest BCUT2D eigenvalue weighted by molar-refractivity contribution is 0.587. The fourth-order valence-electron chi connectivity index (χ4n) is 3.76. The first kappa shape index (κ1) is 13.8. The molecule has 2 aromatic heterocycles. The van der Waals surface area contributed by atoms with Crippen LogP contribution in [0, 0.1) is 0 Å². The average molecular weight is 292 g/mol. The zero-order chi connectivity index (χ0) is 14.8. The van der Waals surface area contributed by atoms with Crippen LogP contribution in [-0.2, 0) is 12.8 Å². The fraction of sp³-hybridized carbons (Fsp3) is 0.450. The molecule has 0 radical (unpaired) electrons. The number of aromatic amines is 1. The molecular formula is C20H24N2. The third-order valence-electron chi connectivity index (χ3n) is 5.00. The van der Waals surface area contributed by atoms with Crippen LogP contribution in [0.25, 0.3) is 21.9 Å². The zero-order valence-corrected chi connectivity index (χ0v) is 13.2. The van der Waals surface area contributed by atoms with Gasteiger partial charge in [-0.1, -0.05) is 50.3 Å². The summed E-state index contributed by atoms with van der Waals surface area (Å²) in [5.41, 5.74) is 6.38. The maximum absolute atomic E-state index is 5.08. The first-order chi connectivity index (χ1) is 10.9. The number of aromatic nitrogens is 2. The Labute approximate surface area is 132 Å². The van der Waals surface area contributed by atoms with Gasteiger partial charge in [0.2, 0.25) is 0 Å². The molecule has 1 N–H and O–H groups in total. The Morgan fingerprint density at radius 3 is 2.36 bits per heavy atom.